The molecule has 1 spiro atoms. The summed E-state index contributed by atoms with van der Waals surface area (Å²) >= 11 is 0. The van der Waals surface area contributed by atoms with Crippen LogP contribution < -0.4 is 0 Å². The molecule has 27 heavy (non-hydrogen) atoms. The number of amides is 2. The Balaban J connectivity index is 1.50. The smallest absolute Gasteiger partial charge is 0.289 e. The van der Waals surface area contributed by atoms with E-state index in [9.17, 15) is 14.0 Å². The Kier molecular flexibility index (Phi) is 4.45. The Morgan fingerprint density at radius 3 is 2.81 bits per heavy atom. The highest BCUT2D eigenvalue weighted by atomic mass is 19.1. The van der Waals surface area contributed by atoms with E-state index in [-0.39, 0.29) is 24.2 Å². The lowest BCUT2D eigenvalue weighted by molar-refractivity contribution is -0.146. The molecule has 0 bridgehead atoms. The normalized spacial score (nSPS) is 22.7. The standard InChI is InChI=1S/C20H23FN4O2/c1-23-12-9-22-17(23)18(26)25-11-8-20(14-25)7-4-10-24(19(20)27)13-15-5-2-3-6-16(15)21/h2-3,5-6,9,12H,4,7-8,10-11,13-14H2,1H3/t20-/m0/s1. The van der Waals surface area contributed by atoms with Crippen LogP contribution in [0.15, 0.2) is 36.7 Å². The Labute approximate surface area is 157 Å². The molecule has 1 aromatic carbocycles. The largest absolute Gasteiger partial charge is 0.338 e. The lowest BCUT2D eigenvalue weighted by Crippen LogP contribution is -2.50. The maximum Gasteiger partial charge on any atom is 0.289 e. The number of aryl methyl sites for hydroxylation is 1. The van der Waals surface area contributed by atoms with Crippen LogP contribution in [0, 0.1) is 11.2 Å². The number of aromatic nitrogens is 2. The summed E-state index contributed by atoms with van der Waals surface area (Å²) < 4.78 is 15.7. The molecule has 1 atom stereocenters. The number of halogens is 1. The van der Waals surface area contributed by atoms with E-state index in [4.69, 9.17) is 0 Å². The molecule has 1 aromatic heterocycles. The highest BCUT2D eigenvalue weighted by Gasteiger charge is 2.49. The van der Waals surface area contributed by atoms with Crippen molar-refractivity contribution in [2.45, 2.75) is 25.8 Å². The van der Waals surface area contributed by atoms with Gasteiger partial charge in [0.15, 0.2) is 5.82 Å². The molecule has 4 rings (SSSR count). The number of carbonyl (C=O) groups excluding carboxylic acids is 2. The maximum absolute atomic E-state index is 14.0. The van der Waals surface area contributed by atoms with E-state index < -0.39 is 5.41 Å². The van der Waals surface area contributed by atoms with E-state index in [2.05, 4.69) is 4.98 Å². The number of likely N-dealkylation sites (tertiary alicyclic amines) is 2. The topological polar surface area (TPSA) is 58.4 Å². The summed E-state index contributed by atoms with van der Waals surface area (Å²) in [6.45, 7) is 1.86. The predicted molar refractivity (Wildman–Crippen MR) is 97.2 cm³/mol. The third kappa shape index (κ3) is 3.11. The van der Waals surface area contributed by atoms with Gasteiger partial charge in [0.2, 0.25) is 5.91 Å². The number of carbonyl (C=O) groups is 2. The number of piperidine rings is 1. The highest BCUT2D eigenvalue weighted by molar-refractivity contribution is 5.92. The number of hydrogen-bond donors (Lipinski definition) is 0. The van der Waals surface area contributed by atoms with E-state index >= 15 is 0 Å². The van der Waals surface area contributed by atoms with Crippen molar-refractivity contribution in [1.29, 1.82) is 0 Å². The van der Waals surface area contributed by atoms with Gasteiger partial charge in [-0.3, -0.25) is 9.59 Å². The van der Waals surface area contributed by atoms with Crippen LogP contribution in [0.2, 0.25) is 0 Å². The lowest BCUT2D eigenvalue weighted by Gasteiger charge is -2.39. The molecule has 6 nitrogen and oxygen atoms in total. The van der Waals surface area contributed by atoms with E-state index in [0.29, 0.717) is 37.4 Å². The van der Waals surface area contributed by atoms with Gasteiger partial charge in [0.05, 0.1) is 5.41 Å². The summed E-state index contributed by atoms with van der Waals surface area (Å²) in [5.74, 6) is -0.00741. The molecule has 2 aliphatic heterocycles. The van der Waals surface area contributed by atoms with Crippen LogP contribution in [0.4, 0.5) is 4.39 Å². The molecule has 2 fully saturated rings. The van der Waals surface area contributed by atoms with Crippen molar-refractivity contribution in [1.82, 2.24) is 19.4 Å². The molecule has 142 valence electrons. The van der Waals surface area contributed by atoms with Crippen LogP contribution in [0.1, 0.15) is 35.4 Å². The Morgan fingerprint density at radius 1 is 1.26 bits per heavy atom. The zero-order chi connectivity index (χ0) is 19.0. The first-order chi connectivity index (χ1) is 13.0. The van der Waals surface area contributed by atoms with Crippen molar-refractivity contribution < 1.29 is 14.0 Å². The Morgan fingerprint density at radius 2 is 2.07 bits per heavy atom. The van der Waals surface area contributed by atoms with Gasteiger partial charge in [0, 0.05) is 51.2 Å². The monoisotopic (exact) mass is 370 g/mol. The van der Waals surface area contributed by atoms with E-state index in [1.165, 1.54) is 6.07 Å². The van der Waals surface area contributed by atoms with Gasteiger partial charge < -0.3 is 14.4 Å². The lowest BCUT2D eigenvalue weighted by atomic mass is 9.78. The number of hydrogen-bond acceptors (Lipinski definition) is 3. The third-order valence-electron chi connectivity index (χ3n) is 5.80. The van der Waals surface area contributed by atoms with Gasteiger partial charge >= 0.3 is 0 Å². The van der Waals surface area contributed by atoms with E-state index in [1.807, 2.05) is 0 Å². The SMILES string of the molecule is Cn1ccnc1C(=O)N1CC[C@@]2(CCCN(Cc3ccccc3F)C2=O)C1. The zero-order valence-electron chi connectivity index (χ0n) is 15.4. The van der Waals surface area contributed by atoms with E-state index in [1.54, 1.807) is 52.0 Å². The Hall–Kier alpha value is -2.70. The molecule has 2 amide bonds. The van der Waals surface area contributed by atoms with Crippen LogP contribution in [0.25, 0.3) is 0 Å². The van der Waals surface area contributed by atoms with Gasteiger partial charge in [-0.1, -0.05) is 18.2 Å². The van der Waals surface area contributed by atoms with Crippen LogP contribution in [-0.2, 0) is 18.4 Å². The molecule has 3 heterocycles. The first-order valence-corrected chi connectivity index (χ1v) is 9.30. The van der Waals surface area contributed by atoms with Crippen molar-refractivity contribution in [3.8, 4) is 0 Å². The van der Waals surface area contributed by atoms with Crippen LogP contribution in [0.3, 0.4) is 0 Å². The fourth-order valence-corrected chi connectivity index (χ4v) is 4.27. The molecule has 0 N–H and O–H groups in total. The summed E-state index contributed by atoms with van der Waals surface area (Å²) in [5, 5.41) is 0. The van der Waals surface area contributed by atoms with Gasteiger partial charge in [0.1, 0.15) is 5.82 Å². The second kappa shape index (κ2) is 6.79. The molecular weight excluding hydrogens is 347 g/mol. The second-order valence-electron chi connectivity index (χ2n) is 7.54. The molecule has 0 aliphatic carbocycles. The first kappa shape index (κ1) is 17.7. The fourth-order valence-electron chi connectivity index (χ4n) is 4.27. The van der Waals surface area contributed by atoms with Crippen molar-refractivity contribution in [2.75, 3.05) is 19.6 Å². The first-order valence-electron chi connectivity index (χ1n) is 9.30. The molecule has 0 saturated carbocycles. The van der Waals surface area contributed by atoms with Crippen LogP contribution in [0.5, 0.6) is 0 Å². The minimum Gasteiger partial charge on any atom is -0.338 e. The third-order valence-corrected chi connectivity index (χ3v) is 5.80. The fraction of sp³-hybridized carbons (Fsp3) is 0.450. The number of imidazole rings is 1. The summed E-state index contributed by atoms with van der Waals surface area (Å²) in [7, 11) is 1.79. The number of benzene rings is 1. The number of nitrogens with zero attached hydrogens (tertiary/aromatic N) is 4. The molecule has 0 unspecified atom stereocenters. The average molecular weight is 370 g/mol. The maximum atomic E-state index is 14.0. The van der Waals surface area contributed by atoms with Gasteiger partial charge in [-0.2, -0.15) is 0 Å². The van der Waals surface area contributed by atoms with Gasteiger partial charge in [0.25, 0.3) is 5.91 Å². The summed E-state index contributed by atoms with van der Waals surface area (Å²) in [6.07, 6.45) is 5.62. The molecule has 2 aliphatic rings. The van der Waals surface area contributed by atoms with Gasteiger partial charge in [-0.15, -0.1) is 0 Å². The second-order valence-corrected chi connectivity index (χ2v) is 7.54. The van der Waals surface area contributed by atoms with Crippen molar-refractivity contribution in [3.63, 3.8) is 0 Å². The molecule has 2 saturated heterocycles. The summed E-state index contributed by atoms with van der Waals surface area (Å²) in [5.41, 5.74) is -0.0218. The zero-order valence-corrected chi connectivity index (χ0v) is 15.4. The van der Waals surface area contributed by atoms with Crippen molar-refractivity contribution >= 4 is 11.8 Å². The summed E-state index contributed by atoms with van der Waals surface area (Å²) in [4.78, 5) is 33.6. The molecule has 2 aromatic rings. The van der Waals surface area contributed by atoms with E-state index in [0.717, 1.165) is 12.8 Å². The Bertz CT molecular complexity index is 880. The minimum atomic E-state index is -0.551. The molecule has 7 heteroatoms. The highest BCUT2D eigenvalue weighted by Crippen LogP contribution is 2.41. The average Bonchev–Trinajstić information content (AvgIpc) is 3.28. The number of rotatable bonds is 3. The molecule has 0 radical (unpaired) electrons. The summed E-state index contributed by atoms with van der Waals surface area (Å²) in [6, 6.07) is 6.57. The minimum absolute atomic E-state index is 0.0344. The van der Waals surface area contributed by atoms with Crippen LogP contribution in [-0.4, -0.2) is 50.8 Å². The van der Waals surface area contributed by atoms with Gasteiger partial charge in [-0.05, 0) is 25.3 Å². The van der Waals surface area contributed by atoms with Crippen LogP contribution >= 0.6 is 0 Å². The predicted octanol–water partition coefficient (Wildman–Crippen LogP) is 2.21. The molecular formula is C20H23FN4O2. The van der Waals surface area contributed by atoms with Gasteiger partial charge in [-0.25, -0.2) is 9.37 Å². The quantitative estimate of drug-likeness (QED) is 0.832. The van der Waals surface area contributed by atoms with Crippen molar-refractivity contribution in [3.05, 3.63) is 53.9 Å². The van der Waals surface area contributed by atoms with Crippen molar-refractivity contribution in [2.24, 2.45) is 12.5 Å².